The Hall–Kier alpha value is -1.51. The van der Waals surface area contributed by atoms with E-state index in [2.05, 4.69) is 0 Å². The van der Waals surface area contributed by atoms with Crippen LogP contribution in [0.2, 0.25) is 0 Å². The fourth-order valence-corrected chi connectivity index (χ4v) is 1.54. The predicted molar refractivity (Wildman–Crippen MR) is 63.1 cm³/mol. The zero-order chi connectivity index (χ0) is 12.3. The summed E-state index contributed by atoms with van der Waals surface area (Å²) in [6, 6.07) is 6.06. The maximum absolute atomic E-state index is 13.0. The molecule has 1 rings (SSSR count). The van der Waals surface area contributed by atoms with Crippen molar-refractivity contribution in [3.05, 3.63) is 41.5 Å². The van der Waals surface area contributed by atoms with Crippen LogP contribution in [0.5, 0.6) is 0 Å². The van der Waals surface area contributed by atoms with Gasteiger partial charge in [0, 0.05) is 18.2 Å². The van der Waals surface area contributed by atoms with E-state index in [9.17, 15) is 8.78 Å². The van der Waals surface area contributed by atoms with E-state index >= 15 is 0 Å². The summed E-state index contributed by atoms with van der Waals surface area (Å²) >= 11 is 0. The molecule has 3 heteroatoms. The molecule has 0 aliphatic carbocycles. The lowest BCUT2D eigenvalue weighted by Gasteiger charge is -2.12. The van der Waals surface area contributed by atoms with Crippen LogP contribution in [0.3, 0.4) is 0 Å². The molecule has 0 heterocycles. The molecule has 0 fully saturated rings. The van der Waals surface area contributed by atoms with Crippen molar-refractivity contribution in [1.29, 1.82) is 5.41 Å². The highest BCUT2D eigenvalue weighted by molar-refractivity contribution is 6.21. The van der Waals surface area contributed by atoms with Gasteiger partial charge in [-0.1, -0.05) is 30.3 Å². The zero-order valence-electron chi connectivity index (χ0n) is 9.64. The number of alkyl halides is 2. The van der Waals surface area contributed by atoms with Crippen LogP contribution in [0.1, 0.15) is 31.9 Å². The third-order valence-corrected chi connectivity index (χ3v) is 2.40. The Bertz CT molecular complexity index is 411. The molecule has 0 unspecified atom stereocenters. The quantitative estimate of drug-likeness (QED) is 0.741. The number of hydrogen-bond donors (Lipinski definition) is 1. The molecule has 0 spiro atoms. The van der Waals surface area contributed by atoms with Crippen LogP contribution in [0, 0.1) is 5.41 Å². The topological polar surface area (TPSA) is 23.9 Å². The average molecular weight is 223 g/mol. The fraction of sp³-hybridized carbons (Fsp3) is 0.308. The number of rotatable bonds is 3. The molecule has 0 radical (unpaired) electrons. The summed E-state index contributed by atoms with van der Waals surface area (Å²) in [6.07, 6.45) is 1.81. The Kier molecular flexibility index (Phi) is 3.58. The Morgan fingerprint density at radius 1 is 1.25 bits per heavy atom. The largest absolute Gasteiger partial charge is 0.305 e. The lowest BCUT2D eigenvalue weighted by atomic mass is 9.99. The van der Waals surface area contributed by atoms with Crippen LogP contribution in [0.15, 0.2) is 30.3 Å². The third kappa shape index (κ3) is 2.75. The molecule has 0 aliphatic heterocycles. The monoisotopic (exact) mass is 223 g/mol. The van der Waals surface area contributed by atoms with Gasteiger partial charge in [0.05, 0.1) is 0 Å². The minimum atomic E-state index is -2.81. The molecule has 0 amide bonds. The number of benzene rings is 1. The van der Waals surface area contributed by atoms with Crippen molar-refractivity contribution in [2.24, 2.45) is 0 Å². The van der Waals surface area contributed by atoms with Crippen LogP contribution < -0.4 is 0 Å². The summed E-state index contributed by atoms with van der Waals surface area (Å²) in [5.74, 6) is -2.81. The van der Waals surface area contributed by atoms with Crippen LogP contribution >= 0.6 is 0 Å². The molecule has 0 saturated carbocycles. The van der Waals surface area contributed by atoms with E-state index in [4.69, 9.17) is 5.41 Å². The second kappa shape index (κ2) is 4.56. The van der Waals surface area contributed by atoms with E-state index in [1.165, 1.54) is 12.1 Å². The van der Waals surface area contributed by atoms with Crippen molar-refractivity contribution in [1.82, 2.24) is 0 Å². The van der Waals surface area contributed by atoms with Gasteiger partial charge in [-0.15, -0.1) is 0 Å². The molecule has 0 bridgehead atoms. The number of nitrogens with one attached hydrogen (secondary N) is 1. The molecule has 0 saturated heterocycles. The Labute approximate surface area is 94.3 Å². The fourth-order valence-electron chi connectivity index (χ4n) is 1.54. The number of hydrogen-bond acceptors (Lipinski definition) is 1. The summed E-state index contributed by atoms with van der Waals surface area (Å²) in [5, 5.41) is 7.55. The number of halogens is 2. The minimum absolute atomic E-state index is 0.00524. The standard InChI is InChI=1S/C13H15F2N/c1-4-12(9(2)16)10-5-7-11(8-6-10)13(3,14)15/h4-8,16H,1-3H3/b12-4+,16-9?. The molecule has 0 aromatic heterocycles. The average Bonchev–Trinajstić information content (AvgIpc) is 2.17. The molecular formula is C13H15F2N. The molecule has 1 N–H and O–H groups in total. The molecule has 0 atom stereocenters. The van der Waals surface area contributed by atoms with Gasteiger partial charge in [-0.25, -0.2) is 8.78 Å². The van der Waals surface area contributed by atoms with Gasteiger partial charge >= 0.3 is 0 Å². The van der Waals surface area contributed by atoms with Crippen LogP contribution in [0.25, 0.3) is 5.57 Å². The van der Waals surface area contributed by atoms with E-state index in [1.54, 1.807) is 25.1 Å². The Balaban J connectivity index is 3.09. The van der Waals surface area contributed by atoms with Crippen LogP contribution in [-0.4, -0.2) is 5.71 Å². The smallest absolute Gasteiger partial charge is 0.270 e. The van der Waals surface area contributed by atoms with Gasteiger partial charge in [-0.2, -0.15) is 0 Å². The zero-order valence-corrected chi connectivity index (χ0v) is 9.64. The van der Waals surface area contributed by atoms with Gasteiger partial charge < -0.3 is 5.41 Å². The first-order chi connectivity index (χ1) is 7.36. The third-order valence-electron chi connectivity index (χ3n) is 2.40. The Morgan fingerprint density at radius 3 is 2.06 bits per heavy atom. The predicted octanol–water partition coefficient (Wildman–Crippen LogP) is 4.24. The summed E-state index contributed by atoms with van der Waals surface area (Å²) in [4.78, 5) is 0. The second-order valence-corrected chi connectivity index (χ2v) is 3.79. The highest BCUT2D eigenvalue weighted by Crippen LogP contribution is 2.28. The summed E-state index contributed by atoms with van der Waals surface area (Å²) in [5.41, 5.74) is 1.99. The first kappa shape index (κ1) is 12.6. The van der Waals surface area contributed by atoms with Crippen molar-refractivity contribution in [3.8, 4) is 0 Å². The van der Waals surface area contributed by atoms with E-state index in [-0.39, 0.29) is 5.56 Å². The minimum Gasteiger partial charge on any atom is -0.305 e. The first-order valence-corrected chi connectivity index (χ1v) is 5.07. The second-order valence-electron chi connectivity index (χ2n) is 3.79. The van der Waals surface area contributed by atoms with E-state index in [1.807, 2.05) is 6.92 Å². The lowest BCUT2D eigenvalue weighted by Crippen LogP contribution is -2.06. The summed E-state index contributed by atoms with van der Waals surface area (Å²) in [6.45, 7) is 4.38. The maximum atomic E-state index is 13.0. The van der Waals surface area contributed by atoms with Gasteiger partial charge in [0.1, 0.15) is 0 Å². The van der Waals surface area contributed by atoms with Gasteiger partial charge in [-0.05, 0) is 25.0 Å². The highest BCUT2D eigenvalue weighted by Gasteiger charge is 2.23. The lowest BCUT2D eigenvalue weighted by molar-refractivity contribution is 0.0175. The molecule has 1 nitrogen and oxygen atoms in total. The summed E-state index contributed by atoms with van der Waals surface area (Å²) < 4.78 is 25.9. The molecule has 86 valence electrons. The highest BCUT2D eigenvalue weighted by atomic mass is 19.3. The van der Waals surface area contributed by atoms with Crippen molar-refractivity contribution in [2.45, 2.75) is 26.7 Å². The SMILES string of the molecule is C/C=C(\C(C)=N)c1ccc(C(C)(F)F)cc1. The van der Waals surface area contributed by atoms with Gasteiger partial charge in [0.2, 0.25) is 0 Å². The maximum Gasteiger partial charge on any atom is 0.270 e. The van der Waals surface area contributed by atoms with Gasteiger partial charge in [0.15, 0.2) is 0 Å². The molecule has 0 aliphatic rings. The number of allylic oxidation sites excluding steroid dienone is 2. The van der Waals surface area contributed by atoms with Crippen molar-refractivity contribution in [3.63, 3.8) is 0 Å². The first-order valence-electron chi connectivity index (χ1n) is 5.07. The van der Waals surface area contributed by atoms with Crippen molar-refractivity contribution in [2.75, 3.05) is 0 Å². The normalized spacial score (nSPS) is 12.7. The molecule has 1 aromatic rings. The van der Waals surface area contributed by atoms with E-state index in [0.29, 0.717) is 5.71 Å². The molecule has 16 heavy (non-hydrogen) atoms. The Morgan fingerprint density at radius 2 is 1.75 bits per heavy atom. The van der Waals surface area contributed by atoms with Gasteiger partial charge in [0.25, 0.3) is 5.92 Å². The van der Waals surface area contributed by atoms with Crippen molar-refractivity contribution < 1.29 is 8.78 Å². The summed E-state index contributed by atoms with van der Waals surface area (Å²) in [7, 11) is 0. The van der Waals surface area contributed by atoms with E-state index in [0.717, 1.165) is 18.1 Å². The van der Waals surface area contributed by atoms with Crippen LogP contribution in [-0.2, 0) is 5.92 Å². The molecule has 1 aromatic carbocycles. The molecular weight excluding hydrogens is 208 g/mol. The van der Waals surface area contributed by atoms with E-state index < -0.39 is 5.92 Å². The van der Waals surface area contributed by atoms with Crippen LogP contribution in [0.4, 0.5) is 8.78 Å². The van der Waals surface area contributed by atoms with Gasteiger partial charge in [-0.3, -0.25) is 0 Å². The van der Waals surface area contributed by atoms with Crippen molar-refractivity contribution >= 4 is 11.3 Å².